The van der Waals surface area contributed by atoms with Crippen molar-refractivity contribution in [3.63, 3.8) is 0 Å². The summed E-state index contributed by atoms with van der Waals surface area (Å²) in [5, 5.41) is 6.15. The van der Waals surface area contributed by atoms with Crippen molar-refractivity contribution in [2.75, 3.05) is 6.61 Å². The monoisotopic (exact) mass is 482 g/mol. The van der Waals surface area contributed by atoms with Gasteiger partial charge in [0.2, 0.25) is 0 Å². The first-order valence-electron chi connectivity index (χ1n) is 11.6. The van der Waals surface area contributed by atoms with Crippen LogP contribution in [0.5, 0.6) is 17.2 Å². The van der Waals surface area contributed by atoms with Gasteiger partial charge in [-0.15, -0.1) is 0 Å². The lowest BCUT2D eigenvalue weighted by Gasteiger charge is -2.13. The van der Waals surface area contributed by atoms with Gasteiger partial charge in [-0.3, -0.25) is 4.79 Å². The van der Waals surface area contributed by atoms with E-state index in [0.29, 0.717) is 35.0 Å². The van der Waals surface area contributed by atoms with Gasteiger partial charge < -0.3 is 14.2 Å². The molecule has 0 radical (unpaired) electrons. The fraction of sp³-hybridized carbons (Fsp3) is 0.138. The molecule has 0 fully saturated rings. The Morgan fingerprint density at radius 1 is 0.889 bits per heavy atom. The summed E-state index contributed by atoms with van der Waals surface area (Å²) in [6.07, 6.45) is 0.730. The molecule has 0 spiro atoms. The second kappa shape index (κ2) is 11.7. The Kier molecular flexibility index (Phi) is 7.93. The van der Waals surface area contributed by atoms with Crippen molar-refractivity contribution in [3.8, 4) is 17.2 Å². The molecule has 4 rings (SSSR count). The molecule has 1 unspecified atom stereocenters. The standard InChI is InChI=1S/C29H26N2O5/c1-3-34-27-17-21(13-16-26(27)36-29(33)23-10-5-4-6-11-23)19-30-31-28(32)20(2)35-25-15-14-22-9-7-8-12-24(22)18-25/h4-20H,3H2,1-2H3,(H,31,32)/b30-19+. The van der Waals surface area contributed by atoms with Crippen LogP contribution in [0.4, 0.5) is 0 Å². The minimum Gasteiger partial charge on any atom is -0.490 e. The van der Waals surface area contributed by atoms with Gasteiger partial charge in [0, 0.05) is 0 Å². The van der Waals surface area contributed by atoms with Crippen LogP contribution in [-0.2, 0) is 4.79 Å². The lowest BCUT2D eigenvalue weighted by atomic mass is 10.1. The minimum absolute atomic E-state index is 0.296. The van der Waals surface area contributed by atoms with Gasteiger partial charge >= 0.3 is 5.97 Å². The average Bonchev–Trinajstić information content (AvgIpc) is 2.90. The lowest BCUT2D eigenvalue weighted by Crippen LogP contribution is -2.33. The lowest BCUT2D eigenvalue weighted by molar-refractivity contribution is -0.127. The normalized spacial score (nSPS) is 11.7. The van der Waals surface area contributed by atoms with E-state index in [1.165, 1.54) is 6.21 Å². The van der Waals surface area contributed by atoms with Crippen LogP contribution in [-0.4, -0.2) is 30.8 Å². The summed E-state index contributed by atoms with van der Waals surface area (Å²) in [7, 11) is 0. The molecule has 0 heterocycles. The number of hydrogen-bond acceptors (Lipinski definition) is 6. The highest BCUT2D eigenvalue weighted by Gasteiger charge is 2.15. The highest BCUT2D eigenvalue weighted by Crippen LogP contribution is 2.29. The van der Waals surface area contributed by atoms with Gasteiger partial charge in [0.05, 0.1) is 18.4 Å². The molecule has 4 aromatic carbocycles. The van der Waals surface area contributed by atoms with Gasteiger partial charge in [-0.1, -0.05) is 48.5 Å². The molecule has 7 heteroatoms. The highest BCUT2D eigenvalue weighted by atomic mass is 16.6. The van der Waals surface area contributed by atoms with Crippen LogP contribution in [0.25, 0.3) is 10.8 Å². The third kappa shape index (κ3) is 6.27. The number of hydrogen-bond donors (Lipinski definition) is 1. The number of ether oxygens (including phenoxy) is 3. The van der Waals surface area contributed by atoms with E-state index < -0.39 is 18.0 Å². The van der Waals surface area contributed by atoms with Crippen LogP contribution < -0.4 is 19.6 Å². The summed E-state index contributed by atoms with van der Waals surface area (Å²) in [5.74, 6) is 0.417. The average molecular weight is 483 g/mol. The minimum atomic E-state index is -0.748. The topological polar surface area (TPSA) is 86.2 Å². The molecule has 1 N–H and O–H groups in total. The van der Waals surface area contributed by atoms with E-state index in [1.54, 1.807) is 49.4 Å². The van der Waals surface area contributed by atoms with Crippen molar-refractivity contribution in [3.05, 3.63) is 102 Å². The fourth-order valence-electron chi connectivity index (χ4n) is 3.45. The second-order valence-electron chi connectivity index (χ2n) is 7.90. The van der Waals surface area contributed by atoms with Gasteiger partial charge in [-0.2, -0.15) is 5.10 Å². The summed E-state index contributed by atoms with van der Waals surface area (Å²) in [4.78, 5) is 24.8. The molecule has 4 aromatic rings. The second-order valence-corrected chi connectivity index (χ2v) is 7.90. The Bertz CT molecular complexity index is 1390. The third-order valence-electron chi connectivity index (χ3n) is 5.27. The number of rotatable bonds is 9. The Morgan fingerprint density at radius 2 is 1.64 bits per heavy atom. The van der Waals surface area contributed by atoms with Crippen molar-refractivity contribution in [1.29, 1.82) is 0 Å². The molecule has 1 amide bonds. The largest absolute Gasteiger partial charge is 0.490 e. The summed E-state index contributed by atoms with van der Waals surface area (Å²) >= 11 is 0. The molecule has 36 heavy (non-hydrogen) atoms. The Balaban J connectivity index is 1.37. The van der Waals surface area contributed by atoms with E-state index in [2.05, 4.69) is 10.5 Å². The predicted molar refractivity (Wildman–Crippen MR) is 139 cm³/mol. The third-order valence-corrected chi connectivity index (χ3v) is 5.27. The van der Waals surface area contributed by atoms with E-state index in [0.717, 1.165) is 10.8 Å². The van der Waals surface area contributed by atoms with E-state index in [4.69, 9.17) is 14.2 Å². The molecule has 0 aliphatic rings. The first-order valence-corrected chi connectivity index (χ1v) is 11.6. The number of esters is 1. The number of carbonyl (C=O) groups excluding carboxylic acids is 2. The van der Waals surface area contributed by atoms with Crippen LogP contribution in [0.2, 0.25) is 0 Å². The van der Waals surface area contributed by atoms with Crippen molar-refractivity contribution in [2.45, 2.75) is 20.0 Å². The fourth-order valence-corrected chi connectivity index (χ4v) is 3.45. The molecular formula is C29H26N2O5. The SMILES string of the molecule is CCOc1cc(/C=N/NC(=O)C(C)Oc2ccc3ccccc3c2)ccc1OC(=O)c1ccccc1. The van der Waals surface area contributed by atoms with Crippen molar-refractivity contribution >= 4 is 28.9 Å². The van der Waals surface area contributed by atoms with E-state index in [-0.39, 0.29) is 0 Å². The molecule has 0 aliphatic carbocycles. The molecule has 0 saturated heterocycles. The number of nitrogens with one attached hydrogen (secondary N) is 1. The maximum Gasteiger partial charge on any atom is 0.343 e. The highest BCUT2D eigenvalue weighted by molar-refractivity contribution is 5.91. The van der Waals surface area contributed by atoms with Crippen LogP contribution in [0.1, 0.15) is 29.8 Å². The Hall–Kier alpha value is -4.65. The summed E-state index contributed by atoms with van der Waals surface area (Å²) in [6, 6.07) is 27.3. The zero-order valence-corrected chi connectivity index (χ0v) is 20.0. The Labute approximate surface area is 209 Å². The van der Waals surface area contributed by atoms with Gasteiger partial charge in [0.25, 0.3) is 5.91 Å². The van der Waals surface area contributed by atoms with E-state index in [1.807, 2.05) is 55.5 Å². The Morgan fingerprint density at radius 3 is 2.42 bits per heavy atom. The van der Waals surface area contributed by atoms with Crippen LogP contribution in [0.3, 0.4) is 0 Å². The van der Waals surface area contributed by atoms with E-state index >= 15 is 0 Å². The molecule has 0 aliphatic heterocycles. The molecule has 0 bridgehead atoms. The van der Waals surface area contributed by atoms with Gasteiger partial charge in [-0.25, -0.2) is 10.2 Å². The number of hydrazone groups is 1. The summed E-state index contributed by atoms with van der Waals surface area (Å²) < 4.78 is 16.9. The van der Waals surface area contributed by atoms with Gasteiger partial charge in [0.15, 0.2) is 17.6 Å². The number of carbonyl (C=O) groups is 2. The van der Waals surface area contributed by atoms with E-state index in [9.17, 15) is 9.59 Å². The zero-order valence-electron chi connectivity index (χ0n) is 20.0. The van der Waals surface area contributed by atoms with Crippen LogP contribution in [0, 0.1) is 0 Å². The van der Waals surface area contributed by atoms with Crippen LogP contribution in [0.15, 0.2) is 96.1 Å². The quantitative estimate of drug-likeness (QED) is 0.150. The molecular weight excluding hydrogens is 456 g/mol. The number of amides is 1. The number of fused-ring (bicyclic) bond motifs is 1. The maximum absolute atomic E-state index is 12.4. The van der Waals surface area contributed by atoms with Gasteiger partial charge in [0.1, 0.15) is 5.75 Å². The first-order chi connectivity index (χ1) is 17.5. The van der Waals surface area contributed by atoms with Crippen molar-refractivity contribution in [2.24, 2.45) is 5.10 Å². The molecule has 7 nitrogen and oxygen atoms in total. The molecule has 0 saturated carbocycles. The number of benzene rings is 4. The first kappa shape index (κ1) is 24.5. The molecule has 0 aromatic heterocycles. The maximum atomic E-state index is 12.4. The van der Waals surface area contributed by atoms with Crippen molar-refractivity contribution < 1.29 is 23.8 Å². The smallest absolute Gasteiger partial charge is 0.343 e. The predicted octanol–water partition coefficient (Wildman–Crippen LogP) is 5.38. The molecule has 1 atom stereocenters. The number of nitrogens with zero attached hydrogens (tertiary/aromatic N) is 1. The summed E-state index contributed by atoms with van der Waals surface area (Å²) in [5.41, 5.74) is 3.58. The van der Waals surface area contributed by atoms with Gasteiger partial charge in [-0.05, 0) is 72.6 Å². The molecule has 182 valence electrons. The zero-order chi connectivity index (χ0) is 25.3. The van der Waals surface area contributed by atoms with Crippen LogP contribution >= 0.6 is 0 Å². The van der Waals surface area contributed by atoms with Crippen molar-refractivity contribution in [1.82, 2.24) is 5.43 Å². The summed E-state index contributed by atoms with van der Waals surface area (Å²) in [6.45, 7) is 3.88.